The summed E-state index contributed by atoms with van der Waals surface area (Å²) in [6.07, 6.45) is 3.35. The number of rotatable bonds is 8. The van der Waals surface area contributed by atoms with Crippen LogP contribution < -0.4 is 15.4 Å². The Kier molecular flexibility index (Phi) is 12.6. The van der Waals surface area contributed by atoms with Crippen molar-refractivity contribution in [2.24, 2.45) is 10.4 Å². The molecule has 0 radical (unpaired) electrons. The molecule has 0 bridgehead atoms. The topological polar surface area (TPSA) is 82.6 Å². The fraction of sp³-hybridized carbons (Fsp3) is 0.929. The molecule has 0 amide bonds. The van der Waals surface area contributed by atoms with Gasteiger partial charge in [0.05, 0.1) is 12.8 Å². The van der Waals surface area contributed by atoms with Crippen LogP contribution in [0.15, 0.2) is 4.99 Å². The number of hydrogen-bond acceptors (Lipinski definition) is 3. The molecule has 0 aromatic heterocycles. The molecule has 0 saturated heterocycles. The van der Waals surface area contributed by atoms with Crippen molar-refractivity contribution in [1.82, 2.24) is 15.4 Å². The van der Waals surface area contributed by atoms with Crippen LogP contribution >= 0.6 is 24.0 Å². The Bertz CT molecular complexity index is 419. The molecule has 0 heterocycles. The van der Waals surface area contributed by atoms with Crippen molar-refractivity contribution in [2.75, 3.05) is 25.9 Å². The Morgan fingerprint density at radius 3 is 2.32 bits per heavy atom. The van der Waals surface area contributed by atoms with Gasteiger partial charge in [-0.2, -0.15) is 0 Å². The highest BCUT2D eigenvalue weighted by Gasteiger charge is 2.13. The number of nitrogens with one attached hydrogen (secondary N) is 3. The Hall–Kier alpha value is -0.0900. The smallest absolute Gasteiger partial charge is 0.208 e. The maximum Gasteiger partial charge on any atom is 0.208 e. The van der Waals surface area contributed by atoms with Gasteiger partial charge >= 0.3 is 0 Å². The number of hydrogen-bond donors (Lipinski definition) is 3. The zero-order chi connectivity index (χ0) is 16.5. The van der Waals surface area contributed by atoms with E-state index in [-0.39, 0.29) is 24.0 Å². The molecule has 0 aromatic carbocycles. The van der Waals surface area contributed by atoms with E-state index in [1.807, 2.05) is 6.92 Å². The van der Waals surface area contributed by atoms with Crippen LogP contribution in [0.3, 0.4) is 0 Å². The number of nitrogens with zero attached hydrogens (tertiary/aromatic N) is 1. The fourth-order valence-electron chi connectivity index (χ4n) is 1.67. The third-order valence-electron chi connectivity index (χ3n) is 2.80. The summed E-state index contributed by atoms with van der Waals surface area (Å²) in [4.78, 5) is 4.37. The van der Waals surface area contributed by atoms with Crippen molar-refractivity contribution in [2.45, 2.75) is 53.5 Å². The van der Waals surface area contributed by atoms with Gasteiger partial charge in [0, 0.05) is 19.1 Å². The van der Waals surface area contributed by atoms with Crippen LogP contribution in [0.5, 0.6) is 0 Å². The van der Waals surface area contributed by atoms with Gasteiger partial charge < -0.3 is 10.6 Å². The molecule has 0 rings (SSSR count). The molecule has 0 spiro atoms. The zero-order valence-electron chi connectivity index (χ0n) is 14.7. The van der Waals surface area contributed by atoms with E-state index in [2.05, 4.69) is 48.0 Å². The van der Waals surface area contributed by atoms with Gasteiger partial charge in [-0.1, -0.05) is 20.8 Å². The lowest BCUT2D eigenvalue weighted by molar-refractivity contribution is 0.346. The monoisotopic (exact) mass is 448 g/mol. The summed E-state index contributed by atoms with van der Waals surface area (Å²) in [7, 11) is -3.14. The second kappa shape index (κ2) is 11.4. The fourth-order valence-corrected chi connectivity index (χ4v) is 2.14. The molecule has 22 heavy (non-hydrogen) atoms. The van der Waals surface area contributed by atoms with Gasteiger partial charge in [0.15, 0.2) is 5.96 Å². The highest BCUT2D eigenvalue weighted by atomic mass is 127. The van der Waals surface area contributed by atoms with Gasteiger partial charge in [-0.05, 0) is 32.1 Å². The van der Waals surface area contributed by atoms with Gasteiger partial charge in [0.1, 0.15) is 0 Å². The Morgan fingerprint density at radius 1 is 1.27 bits per heavy atom. The first-order chi connectivity index (χ1) is 9.53. The first-order valence-corrected chi connectivity index (χ1v) is 9.42. The first-order valence-electron chi connectivity index (χ1n) is 7.53. The SMILES string of the molecule is CCNC(=NCCNS(C)(=O)=O)NC(C)CCC(C)(C)C.I. The maximum absolute atomic E-state index is 11.0. The summed E-state index contributed by atoms with van der Waals surface area (Å²) >= 11 is 0. The average molecular weight is 448 g/mol. The quantitative estimate of drug-likeness (QED) is 0.229. The van der Waals surface area contributed by atoms with Crippen LogP contribution in [0.1, 0.15) is 47.5 Å². The summed E-state index contributed by atoms with van der Waals surface area (Å²) < 4.78 is 24.4. The normalized spacial score (nSPS) is 14.2. The highest BCUT2D eigenvalue weighted by molar-refractivity contribution is 14.0. The lowest BCUT2D eigenvalue weighted by Gasteiger charge is -2.23. The highest BCUT2D eigenvalue weighted by Crippen LogP contribution is 2.21. The molecule has 0 aliphatic rings. The van der Waals surface area contributed by atoms with Crippen molar-refractivity contribution < 1.29 is 8.42 Å². The van der Waals surface area contributed by atoms with Gasteiger partial charge in [-0.15, -0.1) is 24.0 Å². The van der Waals surface area contributed by atoms with E-state index in [0.29, 0.717) is 24.5 Å². The Labute approximate surface area is 153 Å². The summed E-state index contributed by atoms with van der Waals surface area (Å²) in [5.41, 5.74) is 0.324. The van der Waals surface area contributed by atoms with E-state index in [1.54, 1.807) is 0 Å². The molecule has 0 fully saturated rings. The number of halogens is 1. The summed E-state index contributed by atoms with van der Waals surface area (Å²) in [5, 5.41) is 6.52. The minimum Gasteiger partial charge on any atom is -0.357 e. The van der Waals surface area contributed by atoms with Crippen LogP contribution in [-0.2, 0) is 10.0 Å². The molecule has 134 valence electrons. The molecule has 0 aliphatic carbocycles. The summed E-state index contributed by atoms with van der Waals surface area (Å²) in [5.74, 6) is 0.731. The Balaban J connectivity index is 0. The van der Waals surface area contributed by atoms with E-state index >= 15 is 0 Å². The molecule has 3 N–H and O–H groups in total. The minimum atomic E-state index is -3.14. The molecular weight excluding hydrogens is 415 g/mol. The second-order valence-electron chi connectivity index (χ2n) is 6.57. The number of guanidine groups is 1. The van der Waals surface area contributed by atoms with E-state index in [9.17, 15) is 8.42 Å². The number of aliphatic imine (C=N–C) groups is 1. The first kappa shape index (κ1) is 24.2. The molecule has 1 unspecified atom stereocenters. The van der Waals surface area contributed by atoms with E-state index in [0.717, 1.165) is 31.6 Å². The van der Waals surface area contributed by atoms with Crippen LogP contribution in [0, 0.1) is 5.41 Å². The lowest BCUT2D eigenvalue weighted by atomic mass is 9.89. The Morgan fingerprint density at radius 2 is 1.86 bits per heavy atom. The molecule has 6 nitrogen and oxygen atoms in total. The standard InChI is InChI=1S/C14H32N4O2S.HI/c1-7-15-13(16-10-11-17-21(6,19)20)18-12(2)8-9-14(3,4)5;/h12,17H,7-11H2,1-6H3,(H2,15,16,18);1H. The maximum atomic E-state index is 11.0. The predicted molar refractivity (Wildman–Crippen MR) is 106 cm³/mol. The second-order valence-corrected chi connectivity index (χ2v) is 8.40. The van der Waals surface area contributed by atoms with E-state index in [1.165, 1.54) is 0 Å². The van der Waals surface area contributed by atoms with Gasteiger partial charge in [-0.25, -0.2) is 13.1 Å². The molecule has 1 atom stereocenters. The van der Waals surface area contributed by atoms with Crippen molar-refractivity contribution >= 4 is 40.0 Å². The van der Waals surface area contributed by atoms with E-state index in [4.69, 9.17) is 0 Å². The molecular formula is C14H33IN4O2S. The van der Waals surface area contributed by atoms with Crippen molar-refractivity contribution in [3.63, 3.8) is 0 Å². The molecule has 0 aliphatic heterocycles. The van der Waals surface area contributed by atoms with Crippen LogP contribution in [0.2, 0.25) is 0 Å². The summed E-state index contributed by atoms with van der Waals surface area (Å²) in [6.45, 7) is 12.3. The van der Waals surface area contributed by atoms with Crippen molar-refractivity contribution in [3.05, 3.63) is 0 Å². The average Bonchev–Trinajstić information content (AvgIpc) is 2.30. The lowest BCUT2D eigenvalue weighted by Crippen LogP contribution is -2.43. The van der Waals surface area contributed by atoms with E-state index < -0.39 is 10.0 Å². The van der Waals surface area contributed by atoms with Crippen molar-refractivity contribution in [3.8, 4) is 0 Å². The minimum absolute atomic E-state index is 0. The zero-order valence-corrected chi connectivity index (χ0v) is 17.8. The third-order valence-corrected chi connectivity index (χ3v) is 3.53. The number of sulfonamides is 1. The molecule has 0 aromatic rings. The third kappa shape index (κ3) is 16.3. The summed E-state index contributed by atoms with van der Waals surface area (Å²) in [6, 6.07) is 0.324. The van der Waals surface area contributed by atoms with Gasteiger partial charge in [-0.3, -0.25) is 4.99 Å². The van der Waals surface area contributed by atoms with Crippen LogP contribution in [0.25, 0.3) is 0 Å². The van der Waals surface area contributed by atoms with Crippen LogP contribution in [-0.4, -0.2) is 46.3 Å². The van der Waals surface area contributed by atoms with Gasteiger partial charge in [0.2, 0.25) is 10.0 Å². The van der Waals surface area contributed by atoms with Crippen LogP contribution in [0.4, 0.5) is 0 Å². The van der Waals surface area contributed by atoms with Gasteiger partial charge in [0.25, 0.3) is 0 Å². The predicted octanol–water partition coefficient (Wildman–Crippen LogP) is 1.92. The molecule has 8 heteroatoms. The largest absolute Gasteiger partial charge is 0.357 e. The van der Waals surface area contributed by atoms with Crippen molar-refractivity contribution in [1.29, 1.82) is 0 Å². The molecule has 0 saturated carbocycles.